The first-order valence-electron chi connectivity index (χ1n) is 10.5. The molecule has 136 valence electrons. The highest BCUT2D eigenvalue weighted by Gasteiger charge is 2.01. The predicted molar refractivity (Wildman–Crippen MR) is 108 cm³/mol. The number of hydrogen-bond acceptors (Lipinski definition) is 0. The molecule has 0 saturated heterocycles. The molecule has 0 N–H and O–H groups in total. The summed E-state index contributed by atoms with van der Waals surface area (Å²) >= 11 is 0. The monoisotopic (exact) mass is 320 g/mol. The van der Waals surface area contributed by atoms with Crippen molar-refractivity contribution >= 4 is 0 Å². The summed E-state index contributed by atoms with van der Waals surface area (Å²) in [5, 5.41) is 0. The summed E-state index contributed by atoms with van der Waals surface area (Å²) in [6.07, 6.45) is 27.7. The highest BCUT2D eigenvalue weighted by atomic mass is 14.1. The van der Waals surface area contributed by atoms with E-state index in [1.165, 1.54) is 96.3 Å². The first-order chi connectivity index (χ1) is 11.3. The van der Waals surface area contributed by atoms with Crippen LogP contribution in [0.25, 0.3) is 0 Å². The fourth-order valence-corrected chi connectivity index (χ4v) is 3.13. The Morgan fingerprint density at radius 2 is 0.957 bits per heavy atom. The van der Waals surface area contributed by atoms with Crippen LogP contribution in [0.2, 0.25) is 0 Å². The van der Waals surface area contributed by atoms with Crippen LogP contribution in [-0.2, 0) is 0 Å². The van der Waals surface area contributed by atoms with Crippen molar-refractivity contribution in [2.45, 2.75) is 116 Å². The molecule has 0 aliphatic carbocycles. The molecular formula is C23H44. The molecule has 0 fully saturated rings. The number of unbranched alkanes of at least 4 members (excludes halogenated alkanes) is 12. The quantitative estimate of drug-likeness (QED) is 0.175. The third kappa shape index (κ3) is 19.7. The number of allylic oxidation sites excluding steroid dienone is 2. The molecule has 0 bridgehead atoms. The maximum Gasteiger partial charge on any atom is -0.0351 e. The molecule has 23 heavy (non-hydrogen) atoms. The Balaban J connectivity index is 3.17. The molecule has 0 rings (SSSR count). The van der Waals surface area contributed by atoms with Crippen molar-refractivity contribution in [3.05, 3.63) is 26.0 Å². The molecule has 0 aromatic heterocycles. The van der Waals surface area contributed by atoms with Crippen LogP contribution in [0.1, 0.15) is 116 Å². The normalized spacial score (nSPS) is 13.0. The second kappa shape index (κ2) is 19.8. The fourth-order valence-electron chi connectivity index (χ4n) is 3.13. The van der Waals surface area contributed by atoms with E-state index in [2.05, 4.69) is 32.9 Å². The van der Waals surface area contributed by atoms with Gasteiger partial charge in [0, 0.05) is 0 Å². The van der Waals surface area contributed by atoms with Crippen LogP contribution in [0, 0.1) is 19.8 Å². The summed E-state index contributed by atoms with van der Waals surface area (Å²) in [5.74, 6) is 0.941. The summed E-state index contributed by atoms with van der Waals surface area (Å²) in [5.41, 5.74) is 0. The Bertz CT molecular complexity index is 228. The Kier molecular flexibility index (Phi) is 19.6. The molecule has 1 unspecified atom stereocenters. The minimum Gasteiger partial charge on any atom is -0.0885 e. The Hall–Kier alpha value is -0.260. The van der Waals surface area contributed by atoms with Crippen molar-refractivity contribution in [1.29, 1.82) is 0 Å². The lowest BCUT2D eigenvalue weighted by Gasteiger charge is -2.10. The van der Waals surface area contributed by atoms with E-state index < -0.39 is 0 Å². The summed E-state index contributed by atoms with van der Waals surface area (Å²) < 4.78 is 0. The van der Waals surface area contributed by atoms with E-state index in [1.54, 1.807) is 0 Å². The van der Waals surface area contributed by atoms with Crippen LogP contribution >= 0.6 is 0 Å². The first kappa shape index (κ1) is 22.7. The van der Waals surface area contributed by atoms with Crippen molar-refractivity contribution in [2.24, 2.45) is 5.92 Å². The van der Waals surface area contributed by atoms with Crippen LogP contribution in [0.4, 0.5) is 0 Å². The molecular weight excluding hydrogens is 276 g/mol. The predicted octanol–water partition coefficient (Wildman–Crippen LogP) is 8.48. The SMILES string of the molecule is [CH2]CCCC/C=C/CCCCCCCC(C)CCCCCC[CH2]. The maximum absolute atomic E-state index is 3.91. The number of hydrogen-bond donors (Lipinski definition) is 0. The maximum atomic E-state index is 3.91. The van der Waals surface area contributed by atoms with E-state index in [1.807, 2.05) is 0 Å². The van der Waals surface area contributed by atoms with Gasteiger partial charge in [-0.15, -0.1) is 0 Å². The summed E-state index contributed by atoms with van der Waals surface area (Å²) in [6.45, 7) is 10.2. The summed E-state index contributed by atoms with van der Waals surface area (Å²) in [6, 6.07) is 0. The molecule has 0 nitrogen and oxygen atoms in total. The van der Waals surface area contributed by atoms with E-state index in [-0.39, 0.29) is 0 Å². The zero-order chi connectivity index (χ0) is 17.0. The van der Waals surface area contributed by atoms with Crippen molar-refractivity contribution < 1.29 is 0 Å². The standard InChI is InChI=1S/C23H44/c1-4-6-8-10-11-12-13-14-15-16-18-20-22-23(3)21-19-17-9-7-5-2/h11-12,23H,1-2,4-10,13-22H2,3H3/b12-11+. The lowest BCUT2D eigenvalue weighted by Crippen LogP contribution is -1.95. The molecule has 0 aromatic rings. The smallest absolute Gasteiger partial charge is 0.0351 e. The van der Waals surface area contributed by atoms with E-state index in [9.17, 15) is 0 Å². The molecule has 0 aromatic carbocycles. The molecule has 1 atom stereocenters. The largest absolute Gasteiger partial charge is 0.0885 e. The summed E-state index contributed by atoms with van der Waals surface area (Å²) in [7, 11) is 0. The van der Waals surface area contributed by atoms with Crippen LogP contribution < -0.4 is 0 Å². The van der Waals surface area contributed by atoms with Crippen molar-refractivity contribution in [2.75, 3.05) is 0 Å². The van der Waals surface area contributed by atoms with Gasteiger partial charge in [-0.2, -0.15) is 0 Å². The zero-order valence-corrected chi connectivity index (χ0v) is 16.2. The van der Waals surface area contributed by atoms with E-state index in [0.29, 0.717) is 0 Å². The molecule has 2 radical (unpaired) electrons. The van der Waals surface area contributed by atoms with Gasteiger partial charge < -0.3 is 0 Å². The topological polar surface area (TPSA) is 0 Å². The second-order valence-electron chi connectivity index (χ2n) is 7.33. The third-order valence-electron chi connectivity index (χ3n) is 4.80. The molecule has 0 spiro atoms. The Morgan fingerprint density at radius 1 is 0.565 bits per heavy atom. The highest BCUT2D eigenvalue weighted by molar-refractivity contribution is 4.81. The van der Waals surface area contributed by atoms with Crippen molar-refractivity contribution in [3.63, 3.8) is 0 Å². The lowest BCUT2D eigenvalue weighted by molar-refractivity contribution is 0.433. The Morgan fingerprint density at radius 3 is 1.52 bits per heavy atom. The molecule has 0 saturated carbocycles. The van der Waals surface area contributed by atoms with E-state index in [0.717, 1.165) is 18.8 Å². The van der Waals surface area contributed by atoms with Gasteiger partial charge in [-0.3, -0.25) is 0 Å². The minimum atomic E-state index is 0.941. The van der Waals surface area contributed by atoms with Crippen LogP contribution in [0.3, 0.4) is 0 Å². The highest BCUT2D eigenvalue weighted by Crippen LogP contribution is 2.18. The van der Waals surface area contributed by atoms with Crippen LogP contribution in [0.5, 0.6) is 0 Å². The van der Waals surface area contributed by atoms with Crippen LogP contribution in [-0.4, -0.2) is 0 Å². The van der Waals surface area contributed by atoms with Gasteiger partial charge in [-0.05, 0) is 31.6 Å². The van der Waals surface area contributed by atoms with Gasteiger partial charge in [-0.25, -0.2) is 0 Å². The third-order valence-corrected chi connectivity index (χ3v) is 4.80. The molecule has 0 amide bonds. The Labute approximate surface area is 148 Å². The second-order valence-corrected chi connectivity index (χ2v) is 7.33. The van der Waals surface area contributed by atoms with E-state index in [4.69, 9.17) is 0 Å². The van der Waals surface area contributed by atoms with Crippen LogP contribution in [0.15, 0.2) is 12.2 Å². The molecule has 0 aliphatic heterocycles. The fraction of sp³-hybridized carbons (Fsp3) is 0.826. The van der Waals surface area contributed by atoms with Crippen molar-refractivity contribution in [1.82, 2.24) is 0 Å². The minimum absolute atomic E-state index is 0.941. The zero-order valence-electron chi connectivity index (χ0n) is 16.2. The molecule has 0 heteroatoms. The van der Waals surface area contributed by atoms with Gasteiger partial charge in [0.1, 0.15) is 0 Å². The average molecular weight is 321 g/mol. The van der Waals surface area contributed by atoms with E-state index >= 15 is 0 Å². The molecule has 0 heterocycles. The number of rotatable bonds is 18. The molecule has 0 aliphatic rings. The lowest BCUT2D eigenvalue weighted by atomic mass is 9.96. The van der Waals surface area contributed by atoms with Gasteiger partial charge in [-0.1, -0.05) is 116 Å². The van der Waals surface area contributed by atoms with Gasteiger partial charge >= 0.3 is 0 Å². The van der Waals surface area contributed by atoms with Gasteiger partial charge in [0.25, 0.3) is 0 Å². The van der Waals surface area contributed by atoms with Gasteiger partial charge in [0.15, 0.2) is 0 Å². The van der Waals surface area contributed by atoms with Gasteiger partial charge in [0.05, 0.1) is 0 Å². The van der Waals surface area contributed by atoms with Crippen molar-refractivity contribution in [3.8, 4) is 0 Å². The average Bonchev–Trinajstić information content (AvgIpc) is 2.55. The summed E-state index contributed by atoms with van der Waals surface area (Å²) in [4.78, 5) is 0. The first-order valence-corrected chi connectivity index (χ1v) is 10.5. The van der Waals surface area contributed by atoms with Gasteiger partial charge in [0.2, 0.25) is 0 Å².